The van der Waals surface area contributed by atoms with Crippen LogP contribution in [-0.2, 0) is 0 Å². The average Bonchev–Trinajstić information content (AvgIpc) is 2.41. The van der Waals surface area contributed by atoms with E-state index in [1.165, 1.54) is 0 Å². The van der Waals surface area contributed by atoms with Gasteiger partial charge in [-0.2, -0.15) is 0 Å². The first-order chi connectivity index (χ1) is 9.02. The molecule has 0 aliphatic rings. The van der Waals surface area contributed by atoms with Gasteiger partial charge in [-0.05, 0) is 35.4 Å². The lowest BCUT2D eigenvalue weighted by atomic mass is 10.0. The Morgan fingerprint density at radius 1 is 0.895 bits per heavy atom. The van der Waals surface area contributed by atoms with Crippen molar-refractivity contribution in [1.29, 1.82) is 0 Å². The van der Waals surface area contributed by atoms with E-state index >= 15 is 0 Å². The third-order valence-electron chi connectivity index (χ3n) is 2.72. The predicted octanol–water partition coefficient (Wildman–Crippen LogP) is 5.98. The molecule has 2 aromatic rings. The first kappa shape index (κ1) is 14.8. The molecule has 0 aromatic heterocycles. The van der Waals surface area contributed by atoms with E-state index in [2.05, 4.69) is 0 Å². The smallest absolute Gasteiger partial charge is 0.120 e. The van der Waals surface area contributed by atoms with E-state index in [1.807, 2.05) is 18.2 Å². The summed E-state index contributed by atoms with van der Waals surface area (Å²) in [7, 11) is 1.59. The van der Waals surface area contributed by atoms with E-state index in [0.29, 0.717) is 20.8 Å². The Labute approximate surface area is 132 Å². The van der Waals surface area contributed by atoms with Crippen molar-refractivity contribution in [1.82, 2.24) is 0 Å². The molecule has 0 aliphatic carbocycles. The minimum atomic E-state index is -0.395. The molecule has 0 heterocycles. The van der Waals surface area contributed by atoms with Gasteiger partial charge in [-0.25, -0.2) is 0 Å². The van der Waals surface area contributed by atoms with E-state index in [0.717, 1.165) is 11.1 Å². The summed E-state index contributed by atoms with van der Waals surface area (Å²) >= 11 is 24.5. The molecule has 1 unspecified atom stereocenters. The quantitative estimate of drug-likeness (QED) is 0.626. The Morgan fingerprint density at radius 2 is 1.63 bits per heavy atom. The van der Waals surface area contributed by atoms with E-state index in [9.17, 15) is 0 Å². The Balaban J connectivity index is 2.38. The van der Waals surface area contributed by atoms with Crippen molar-refractivity contribution in [3.63, 3.8) is 0 Å². The summed E-state index contributed by atoms with van der Waals surface area (Å²) in [5.41, 5.74) is 1.63. The van der Waals surface area contributed by atoms with Crippen molar-refractivity contribution in [2.75, 3.05) is 7.11 Å². The molecule has 1 nitrogen and oxygen atoms in total. The molecule has 0 bridgehead atoms. The fourth-order valence-corrected chi connectivity index (χ4v) is 2.66. The SMILES string of the molecule is COc1ccc(C(Cl)c2ccc(Cl)c(Cl)c2)c(Cl)c1. The van der Waals surface area contributed by atoms with Gasteiger partial charge in [0.1, 0.15) is 5.75 Å². The first-order valence-corrected chi connectivity index (χ1v) is 7.02. The van der Waals surface area contributed by atoms with Crippen LogP contribution in [-0.4, -0.2) is 7.11 Å². The van der Waals surface area contributed by atoms with Crippen molar-refractivity contribution >= 4 is 46.4 Å². The molecule has 2 aromatic carbocycles. The van der Waals surface area contributed by atoms with Crippen LogP contribution in [0.1, 0.15) is 16.5 Å². The molecular formula is C14H10Cl4O. The Hall–Kier alpha value is -0.600. The van der Waals surface area contributed by atoms with Crippen LogP contribution in [0.15, 0.2) is 36.4 Å². The van der Waals surface area contributed by atoms with Crippen LogP contribution in [0.25, 0.3) is 0 Å². The monoisotopic (exact) mass is 334 g/mol. The number of ether oxygens (including phenoxy) is 1. The van der Waals surface area contributed by atoms with Gasteiger partial charge in [-0.1, -0.05) is 46.9 Å². The van der Waals surface area contributed by atoms with Gasteiger partial charge >= 0.3 is 0 Å². The van der Waals surface area contributed by atoms with Gasteiger partial charge in [-0.15, -0.1) is 11.6 Å². The lowest BCUT2D eigenvalue weighted by Gasteiger charge is -2.13. The molecule has 0 fully saturated rings. The molecule has 1 atom stereocenters. The number of rotatable bonds is 3. The summed E-state index contributed by atoms with van der Waals surface area (Å²) in [6.07, 6.45) is 0. The van der Waals surface area contributed by atoms with Gasteiger partial charge in [0, 0.05) is 5.02 Å². The van der Waals surface area contributed by atoms with Gasteiger partial charge in [0.05, 0.1) is 22.5 Å². The highest BCUT2D eigenvalue weighted by Gasteiger charge is 2.16. The van der Waals surface area contributed by atoms with Gasteiger partial charge in [-0.3, -0.25) is 0 Å². The zero-order valence-electron chi connectivity index (χ0n) is 9.96. The highest BCUT2D eigenvalue weighted by molar-refractivity contribution is 6.42. The zero-order chi connectivity index (χ0) is 14.0. The van der Waals surface area contributed by atoms with Crippen LogP contribution >= 0.6 is 46.4 Å². The summed E-state index contributed by atoms with van der Waals surface area (Å²) in [6.45, 7) is 0. The predicted molar refractivity (Wildman–Crippen MR) is 82.2 cm³/mol. The number of methoxy groups -OCH3 is 1. The van der Waals surface area contributed by atoms with Crippen LogP contribution in [0.5, 0.6) is 5.75 Å². The van der Waals surface area contributed by atoms with Gasteiger partial charge in [0.25, 0.3) is 0 Å². The van der Waals surface area contributed by atoms with Crippen LogP contribution in [0.2, 0.25) is 15.1 Å². The van der Waals surface area contributed by atoms with Gasteiger partial charge in [0.15, 0.2) is 0 Å². The Bertz CT molecular complexity index is 598. The summed E-state index contributed by atoms with van der Waals surface area (Å²) in [5.74, 6) is 0.687. The first-order valence-electron chi connectivity index (χ1n) is 5.45. The van der Waals surface area contributed by atoms with Crippen LogP contribution in [0, 0.1) is 0 Å². The van der Waals surface area contributed by atoms with Crippen molar-refractivity contribution < 1.29 is 4.74 Å². The minimum Gasteiger partial charge on any atom is -0.497 e. The van der Waals surface area contributed by atoms with Crippen molar-refractivity contribution in [3.8, 4) is 5.75 Å². The lowest BCUT2D eigenvalue weighted by molar-refractivity contribution is 0.414. The summed E-state index contributed by atoms with van der Waals surface area (Å²) in [5, 5.41) is 1.11. The van der Waals surface area contributed by atoms with Crippen molar-refractivity contribution in [2.45, 2.75) is 5.38 Å². The second-order valence-corrected chi connectivity index (χ2v) is 5.58. The number of halogens is 4. The van der Waals surface area contributed by atoms with E-state index in [4.69, 9.17) is 51.1 Å². The Kier molecular flexibility index (Phi) is 4.86. The molecule has 0 N–H and O–H groups in total. The highest BCUT2D eigenvalue weighted by atomic mass is 35.5. The summed E-state index contributed by atoms with van der Waals surface area (Å²) in [6, 6.07) is 10.7. The molecule has 0 radical (unpaired) electrons. The highest BCUT2D eigenvalue weighted by Crippen LogP contribution is 2.37. The fraction of sp³-hybridized carbons (Fsp3) is 0.143. The molecule has 0 spiro atoms. The maximum Gasteiger partial charge on any atom is 0.120 e. The molecule has 19 heavy (non-hydrogen) atoms. The Morgan fingerprint density at radius 3 is 2.21 bits per heavy atom. The number of hydrogen-bond donors (Lipinski definition) is 0. The normalized spacial score (nSPS) is 12.3. The third kappa shape index (κ3) is 3.29. The van der Waals surface area contributed by atoms with E-state index < -0.39 is 5.38 Å². The van der Waals surface area contributed by atoms with Crippen molar-refractivity contribution in [2.24, 2.45) is 0 Å². The second-order valence-electron chi connectivity index (χ2n) is 3.92. The molecule has 0 saturated heterocycles. The minimum absolute atomic E-state index is 0.395. The molecule has 0 saturated carbocycles. The van der Waals surface area contributed by atoms with Crippen LogP contribution in [0.4, 0.5) is 0 Å². The van der Waals surface area contributed by atoms with E-state index in [-0.39, 0.29) is 0 Å². The maximum atomic E-state index is 6.43. The molecule has 0 amide bonds. The number of alkyl halides is 1. The average molecular weight is 336 g/mol. The maximum absolute atomic E-state index is 6.43. The van der Waals surface area contributed by atoms with Gasteiger partial charge < -0.3 is 4.74 Å². The largest absolute Gasteiger partial charge is 0.497 e. The lowest BCUT2D eigenvalue weighted by Crippen LogP contribution is -1.95. The topological polar surface area (TPSA) is 9.23 Å². The van der Waals surface area contributed by atoms with Crippen LogP contribution in [0.3, 0.4) is 0 Å². The third-order valence-corrected chi connectivity index (χ3v) is 4.27. The molecule has 2 rings (SSSR count). The van der Waals surface area contributed by atoms with Crippen molar-refractivity contribution in [3.05, 3.63) is 62.6 Å². The zero-order valence-corrected chi connectivity index (χ0v) is 13.0. The van der Waals surface area contributed by atoms with E-state index in [1.54, 1.807) is 25.3 Å². The number of hydrogen-bond acceptors (Lipinski definition) is 1. The summed E-state index contributed by atoms with van der Waals surface area (Å²) < 4.78 is 5.10. The fourth-order valence-electron chi connectivity index (χ4n) is 1.69. The van der Waals surface area contributed by atoms with Gasteiger partial charge in [0.2, 0.25) is 0 Å². The molecule has 5 heteroatoms. The number of benzene rings is 2. The second kappa shape index (κ2) is 6.23. The standard InChI is InChI=1S/C14H10Cl4O/c1-19-9-3-4-10(12(16)7-9)14(18)8-2-5-11(15)13(17)6-8/h2-7,14H,1H3. The van der Waals surface area contributed by atoms with Crippen LogP contribution < -0.4 is 4.74 Å². The molecule has 100 valence electrons. The molecule has 0 aliphatic heterocycles. The summed E-state index contributed by atoms with van der Waals surface area (Å²) in [4.78, 5) is 0. The molecular weight excluding hydrogens is 326 g/mol.